The predicted molar refractivity (Wildman–Crippen MR) is 70.2 cm³/mol. The van der Waals surface area contributed by atoms with Gasteiger partial charge in [0.15, 0.2) is 0 Å². The monoisotopic (exact) mass is 253 g/mol. The Morgan fingerprint density at radius 1 is 1.50 bits per heavy atom. The number of nitrogens with zero attached hydrogens (tertiary/aromatic N) is 1. The van der Waals surface area contributed by atoms with E-state index in [0.29, 0.717) is 18.7 Å². The minimum atomic E-state index is -0.402. The van der Waals surface area contributed by atoms with Crippen molar-refractivity contribution in [3.8, 4) is 0 Å². The largest absolute Gasteiger partial charge is 0.384 e. The van der Waals surface area contributed by atoms with E-state index in [0.717, 1.165) is 13.1 Å². The van der Waals surface area contributed by atoms with Crippen LogP contribution in [0.15, 0.2) is 18.2 Å². The Morgan fingerprint density at radius 3 is 2.78 bits per heavy atom. The average Bonchev–Trinajstić information content (AvgIpc) is 2.36. The van der Waals surface area contributed by atoms with Gasteiger partial charge in [-0.25, -0.2) is 4.39 Å². The molecular formula is C13H20FN3O. The second-order valence-electron chi connectivity index (χ2n) is 4.05. The third-order valence-corrected chi connectivity index (χ3v) is 2.82. The Labute approximate surface area is 107 Å². The number of methoxy groups -OCH3 is 1. The van der Waals surface area contributed by atoms with Crippen LogP contribution in [0.2, 0.25) is 0 Å². The molecule has 5 heteroatoms. The standard InChI is InChI=1S/C13H20FN3O/c1-3-17(7-8-18-2)9-10-5-4-6-11(12(10)14)13(15)16/h4-6H,3,7-9H2,1-2H3,(H3,15,16). The number of benzene rings is 1. The van der Waals surface area contributed by atoms with Crippen LogP contribution in [0.4, 0.5) is 4.39 Å². The zero-order chi connectivity index (χ0) is 13.5. The SMILES string of the molecule is CCN(CCOC)Cc1cccc(C(=N)N)c1F. The van der Waals surface area contributed by atoms with Gasteiger partial charge >= 0.3 is 0 Å². The highest BCUT2D eigenvalue weighted by Gasteiger charge is 2.12. The van der Waals surface area contributed by atoms with Gasteiger partial charge in [-0.05, 0) is 12.6 Å². The van der Waals surface area contributed by atoms with Gasteiger partial charge in [-0.1, -0.05) is 19.1 Å². The summed E-state index contributed by atoms with van der Waals surface area (Å²) < 4.78 is 19.1. The quantitative estimate of drug-likeness (QED) is 0.573. The van der Waals surface area contributed by atoms with Gasteiger partial charge in [0.1, 0.15) is 11.7 Å². The van der Waals surface area contributed by atoms with E-state index < -0.39 is 5.82 Å². The van der Waals surface area contributed by atoms with E-state index in [1.807, 2.05) is 6.92 Å². The molecule has 0 saturated heterocycles. The lowest BCUT2D eigenvalue weighted by atomic mass is 10.1. The minimum absolute atomic E-state index is 0.162. The summed E-state index contributed by atoms with van der Waals surface area (Å²) >= 11 is 0. The molecule has 1 aromatic rings. The Hall–Kier alpha value is -1.46. The van der Waals surface area contributed by atoms with Gasteiger partial charge in [0, 0.05) is 25.8 Å². The molecule has 3 N–H and O–H groups in total. The van der Waals surface area contributed by atoms with Crippen molar-refractivity contribution in [2.45, 2.75) is 13.5 Å². The molecule has 0 aliphatic carbocycles. The first-order valence-corrected chi connectivity index (χ1v) is 5.93. The number of nitrogen functional groups attached to an aromatic ring is 1. The van der Waals surface area contributed by atoms with E-state index in [1.54, 1.807) is 19.2 Å². The van der Waals surface area contributed by atoms with Gasteiger partial charge in [-0.2, -0.15) is 0 Å². The molecule has 0 bridgehead atoms. The van der Waals surface area contributed by atoms with Gasteiger partial charge < -0.3 is 10.5 Å². The van der Waals surface area contributed by atoms with E-state index >= 15 is 0 Å². The number of hydrogen-bond acceptors (Lipinski definition) is 3. The van der Waals surface area contributed by atoms with Crippen molar-refractivity contribution in [1.82, 2.24) is 4.90 Å². The first-order valence-electron chi connectivity index (χ1n) is 5.93. The van der Waals surface area contributed by atoms with E-state index in [9.17, 15) is 4.39 Å². The number of amidine groups is 1. The molecule has 0 atom stereocenters. The number of nitrogens with two attached hydrogens (primary N) is 1. The lowest BCUT2D eigenvalue weighted by Crippen LogP contribution is -2.27. The van der Waals surface area contributed by atoms with Crippen molar-refractivity contribution in [1.29, 1.82) is 5.41 Å². The number of halogens is 1. The third-order valence-electron chi connectivity index (χ3n) is 2.82. The zero-order valence-electron chi connectivity index (χ0n) is 10.9. The van der Waals surface area contributed by atoms with E-state index in [1.165, 1.54) is 6.07 Å². The van der Waals surface area contributed by atoms with Crippen molar-refractivity contribution >= 4 is 5.84 Å². The van der Waals surface area contributed by atoms with E-state index in [4.69, 9.17) is 15.9 Å². The summed E-state index contributed by atoms with van der Waals surface area (Å²) in [6, 6.07) is 4.96. The fourth-order valence-corrected chi connectivity index (χ4v) is 1.72. The van der Waals surface area contributed by atoms with Crippen LogP contribution in [-0.4, -0.2) is 37.5 Å². The molecule has 4 nitrogen and oxygen atoms in total. The van der Waals surface area contributed by atoms with Gasteiger partial charge in [-0.3, -0.25) is 10.3 Å². The van der Waals surface area contributed by atoms with Crippen LogP contribution in [0.5, 0.6) is 0 Å². The topological polar surface area (TPSA) is 62.3 Å². The van der Waals surface area contributed by atoms with Crippen molar-refractivity contribution in [3.05, 3.63) is 35.1 Å². The van der Waals surface area contributed by atoms with Gasteiger partial charge in [0.25, 0.3) is 0 Å². The van der Waals surface area contributed by atoms with Gasteiger partial charge in [0.05, 0.1) is 12.2 Å². The Morgan fingerprint density at radius 2 is 2.22 bits per heavy atom. The first kappa shape index (κ1) is 14.6. The molecule has 0 aromatic heterocycles. The fourth-order valence-electron chi connectivity index (χ4n) is 1.72. The molecule has 18 heavy (non-hydrogen) atoms. The number of rotatable bonds is 7. The number of likely N-dealkylation sites (N-methyl/N-ethyl adjacent to an activating group) is 1. The molecule has 0 fully saturated rings. The molecule has 0 saturated carbocycles. The van der Waals surface area contributed by atoms with Crippen LogP contribution in [0.3, 0.4) is 0 Å². The van der Waals surface area contributed by atoms with Gasteiger partial charge in [0.2, 0.25) is 0 Å². The molecule has 1 aromatic carbocycles. The average molecular weight is 253 g/mol. The lowest BCUT2D eigenvalue weighted by Gasteiger charge is -2.20. The van der Waals surface area contributed by atoms with Crippen LogP contribution < -0.4 is 5.73 Å². The van der Waals surface area contributed by atoms with E-state index in [2.05, 4.69) is 4.90 Å². The molecule has 0 aliphatic heterocycles. The van der Waals surface area contributed by atoms with Crippen molar-refractivity contribution in [3.63, 3.8) is 0 Å². The zero-order valence-corrected chi connectivity index (χ0v) is 10.9. The highest BCUT2D eigenvalue weighted by molar-refractivity contribution is 5.95. The lowest BCUT2D eigenvalue weighted by molar-refractivity contribution is 0.147. The van der Waals surface area contributed by atoms with E-state index in [-0.39, 0.29) is 11.4 Å². The molecule has 0 amide bonds. The van der Waals surface area contributed by atoms with Crippen LogP contribution in [-0.2, 0) is 11.3 Å². The molecule has 0 radical (unpaired) electrons. The Kier molecular flexibility index (Phi) is 5.74. The summed E-state index contributed by atoms with van der Waals surface area (Å²) in [5, 5.41) is 7.32. The third kappa shape index (κ3) is 3.78. The Balaban J connectivity index is 2.83. The highest BCUT2D eigenvalue weighted by atomic mass is 19.1. The van der Waals surface area contributed by atoms with Crippen LogP contribution >= 0.6 is 0 Å². The first-order chi connectivity index (χ1) is 8.60. The van der Waals surface area contributed by atoms with Crippen LogP contribution in [0, 0.1) is 11.2 Å². The summed E-state index contributed by atoms with van der Waals surface area (Å²) in [6.07, 6.45) is 0. The Bertz CT molecular complexity index is 409. The van der Waals surface area contributed by atoms with Gasteiger partial charge in [-0.15, -0.1) is 0 Å². The second-order valence-corrected chi connectivity index (χ2v) is 4.05. The van der Waals surface area contributed by atoms with Crippen LogP contribution in [0.1, 0.15) is 18.1 Å². The highest BCUT2D eigenvalue weighted by Crippen LogP contribution is 2.14. The maximum absolute atomic E-state index is 14.1. The summed E-state index contributed by atoms with van der Waals surface area (Å²) in [5.74, 6) is -0.643. The number of nitrogens with one attached hydrogen (secondary N) is 1. The minimum Gasteiger partial charge on any atom is -0.384 e. The summed E-state index contributed by atoms with van der Waals surface area (Å²) in [6.45, 7) is 4.68. The number of hydrogen-bond donors (Lipinski definition) is 2. The molecule has 100 valence electrons. The molecule has 0 aliphatic rings. The van der Waals surface area contributed by atoms with Crippen molar-refractivity contribution < 1.29 is 9.13 Å². The molecule has 0 spiro atoms. The fraction of sp³-hybridized carbons (Fsp3) is 0.462. The molecule has 0 heterocycles. The summed E-state index contributed by atoms with van der Waals surface area (Å²) in [4.78, 5) is 2.08. The van der Waals surface area contributed by atoms with Crippen LogP contribution in [0.25, 0.3) is 0 Å². The summed E-state index contributed by atoms with van der Waals surface area (Å²) in [5.41, 5.74) is 6.06. The van der Waals surface area contributed by atoms with Crippen molar-refractivity contribution in [2.75, 3.05) is 26.8 Å². The molecule has 0 unspecified atom stereocenters. The normalized spacial score (nSPS) is 10.9. The second kappa shape index (κ2) is 7.08. The predicted octanol–water partition coefficient (Wildman–Crippen LogP) is 1.58. The maximum Gasteiger partial charge on any atom is 0.138 e. The van der Waals surface area contributed by atoms with Crippen molar-refractivity contribution in [2.24, 2.45) is 5.73 Å². The number of ether oxygens (including phenoxy) is 1. The smallest absolute Gasteiger partial charge is 0.138 e. The molecular weight excluding hydrogens is 233 g/mol. The maximum atomic E-state index is 14.1. The summed E-state index contributed by atoms with van der Waals surface area (Å²) in [7, 11) is 1.64. The molecule has 1 rings (SSSR count).